The zero-order valence-corrected chi connectivity index (χ0v) is 18.5. The Morgan fingerprint density at radius 3 is 2.74 bits per heavy atom. The lowest BCUT2D eigenvalue weighted by molar-refractivity contribution is -0.120. The standard InChI is InChI=1S/C23H27ClN6O/c1-28-20-5-3-2-4-19(20)27-23(28)17-14-21(26-15-18(17)24)30-10-6-16(7-11-30)29-12-8-22(31)25-9-13-29/h2-5,14-16H,6-13H2,1H3,(H,25,31). The van der Waals surface area contributed by atoms with Gasteiger partial charge in [-0.2, -0.15) is 0 Å². The van der Waals surface area contributed by atoms with Crippen molar-refractivity contribution < 1.29 is 4.79 Å². The average Bonchev–Trinajstić information content (AvgIpc) is 2.97. The fourth-order valence-electron chi connectivity index (χ4n) is 4.77. The highest BCUT2D eigenvalue weighted by Gasteiger charge is 2.27. The van der Waals surface area contributed by atoms with E-state index in [1.807, 2.05) is 25.2 Å². The quantitative estimate of drug-likeness (QED) is 0.680. The summed E-state index contributed by atoms with van der Waals surface area (Å²) in [6.07, 6.45) is 4.48. The zero-order valence-electron chi connectivity index (χ0n) is 17.7. The molecule has 0 bridgehead atoms. The molecule has 2 aliphatic heterocycles. The Balaban J connectivity index is 1.34. The Hall–Kier alpha value is -2.64. The number of aromatic nitrogens is 3. The van der Waals surface area contributed by atoms with Gasteiger partial charge < -0.3 is 14.8 Å². The number of benzene rings is 1. The van der Waals surface area contributed by atoms with Crippen LogP contribution in [0.5, 0.6) is 0 Å². The van der Waals surface area contributed by atoms with Crippen molar-refractivity contribution in [2.75, 3.05) is 37.6 Å². The van der Waals surface area contributed by atoms with Gasteiger partial charge in [0.2, 0.25) is 5.91 Å². The number of pyridine rings is 1. The van der Waals surface area contributed by atoms with Crippen LogP contribution < -0.4 is 10.2 Å². The first kappa shape index (κ1) is 20.3. The van der Waals surface area contributed by atoms with Crippen molar-refractivity contribution in [2.45, 2.75) is 25.3 Å². The van der Waals surface area contributed by atoms with Crippen molar-refractivity contribution in [1.29, 1.82) is 0 Å². The Kier molecular flexibility index (Phi) is 5.54. The van der Waals surface area contributed by atoms with Crippen LogP contribution in [-0.4, -0.2) is 64.1 Å². The third kappa shape index (κ3) is 4.00. The van der Waals surface area contributed by atoms with Crippen LogP contribution in [0.25, 0.3) is 22.4 Å². The molecule has 0 unspecified atom stereocenters. The maximum Gasteiger partial charge on any atom is 0.221 e. The molecule has 31 heavy (non-hydrogen) atoms. The minimum absolute atomic E-state index is 0.166. The number of imidazole rings is 1. The Morgan fingerprint density at radius 1 is 1.13 bits per heavy atom. The van der Waals surface area contributed by atoms with E-state index in [0.717, 1.165) is 73.8 Å². The van der Waals surface area contributed by atoms with Gasteiger partial charge in [-0.1, -0.05) is 23.7 Å². The number of carbonyl (C=O) groups excluding carboxylic acids is 1. The molecular weight excluding hydrogens is 412 g/mol. The molecule has 1 amide bonds. The molecule has 4 heterocycles. The average molecular weight is 439 g/mol. The molecular formula is C23H27ClN6O. The van der Waals surface area contributed by atoms with Gasteiger partial charge in [-0.3, -0.25) is 9.69 Å². The summed E-state index contributed by atoms with van der Waals surface area (Å²) in [7, 11) is 2.02. The summed E-state index contributed by atoms with van der Waals surface area (Å²) >= 11 is 6.55. The number of carbonyl (C=O) groups is 1. The van der Waals surface area contributed by atoms with Gasteiger partial charge in [0.15, 0.2) is 0 Å². The van der Waals surface area contributed by atoms with E-state index in [1.165, 1.54) is 0 Å². The lowest BCUT2D eigenvalue weighted by Crippen LogP contribution is -2.46. The summed E-state index contributed by atoms with van der Waals surface area (Å²) in [4.78, 5) is 25.9. The van der Waals surface area contributed by atoms with Crippen LogP contribution in [0.4, 0.5) is 5.82 Å². The van der Waals surface area contributed by atoms with E-state index >= 15 is 0 Å². The van der Waals surface area contributed by atoms with Gasteiger partial charge in [-0.25, -0.2) is 9.97 Å². The molecule has 1 N–H and O–H groups in total. The molecule has 3 aromatic rings. The van der Waals surface area contributed by atoms with Crippen LogP contribution in [0.2, 0.25) is 5.02 Å². The second-order valence-corrected chi connectivity index (χ2v) is 8.77. The maximum atomic E-state index is 11.6. The third-order valence-electron chi connectivity index (χ3n) is 6.52. The molecule has 0 saturated carbocycles. The van der Waals surface area contributed by atoms with Crippen LogP contribution in [0.1, 0.15) is 19.3 Å². The highest BCUT2D eigenvalue weighted by Crippen LogP contribution is 2.32. The molecule has 7 nitrogen and oxygen atoms in total. The number of hydrogen-bond donors (Lipinski definition) is 1. The maximum absolute atomic E-state index is 11.6. The summed E-state index contributed by atoms with van der Waals surface area (Å²) in [5.41, 5.74) is 2.95. The molecule has 2 aromatic heterocycles. The van der Waals surface area contributed by atoms with Crippen LogP contribution in [0, 0.1) is 0 Å². The van der Waals surface area contributed by atoms with Gasteiger partial charge in [0.25, 0.3) is 0 Å². The number of piperidine rings is 1. The number of fused-ring (bicyclic) bond motifs is 1. The highest BCUT2D eigenvalue weighted by molar-refractivity contribution is 6.33. The number of aryl methyl sites for hydroxylation is 1. The summed E-state index contributed by atoms with van der Waals surface area (Å²) in [5.74, 6) is 1.96. The molecule has 1 aromatic carbocycles. The largest absolute Gasteiger partial charge is 0.356 e. The van der Waals surface area contributed by atoms with E-state index in [0.29, 0.717) is 17.5 Å². The third-order valence-corrected chi connectivity index (χ3v) is 6.82. The van der Waals surface area contributed by atoms with Crippen molar-refractivity contribution in [3.63, 3.8) is 0 Å². The fraction of sp³-hybridized carbons (Fsp3) is 0.435. The number of hydrogen-bond acceptors (Lipinski definition) is 5. The van der Waals surface area contributed by atoms with Crippen molar-refractivity contribution in [3.05, 3.63) is 41.6 Å². The predicted octanol–water partition coefficient (Wildman–Crippen LogP) is 3.08. The van der Waals surface area contributed by atoms with E-state index in [9.17, 15) is 4.79 Å². The van der Waals surface area contributed by atoms with Gasteiger partial charge in [0.05, 0.1) is 16.1 Å². The Morgan fingerprint density at radius 2 is 1.94 bits per heavy atom. The van der Waals surface area contributed by atoms with Gasteiger partial charge in [0.1, 0.15) is 11.6 Å². The molecule has 0 aliphatic carbocycles. The number of halogens is 1. The number of nitrogens with zero attached hydrogens (tertiary/aromatic N) is 5. The van der Waals surface area contributed by atoms with Crippen LogP contribution in [0.3, 0.4) is 0 Å². The normalized spacial score (nSPS) is 18.9. The SMILES string of the molecule is Cn1c(-c2cc(N3CCC(N4CCNC(=O)CC4)CC3)ncc2Cl)nc2ccccc21. The smallest absolute Gasteiger partial charge is 0.221 e. The number of para-hydroxylation sites is 2. The molecule has 8 heteroatoms. The van der Waals surface area contributed by atoms with E-state index in [1.54, 1.807) is 6.20 Å². The summed E-state index contributed by atoms with van der Waals surface area (Å²) in [6.45, 7) is 4.43. The summed E-state index contributed by atoms with van der Waals surface area (Å²) < 4.78 is 2.08. The minimum Gasteiger partial charge on any atom is -0.356 e. The van der Waals surface area contributed by atoms with Crippen molar-refractivity contribution in [2.24, 2.45) is 7.05 Å². The lowest BCUT2D eigenvalue weighted by atomic mass is 10.0. The number of anilines is 1. The monoisotopic (exact) mass is 438 g/mol. The zero-order chi connectivity index (χ0) is 21.4. The summed E-state index contributed by atoms with van der Waals surface area (Å²) in [6, 6.07) is 10.7. The minimum atomic E-state index is 0.166. The highest BCUT2D eigenvalue weighted by atomic mass is 35.5. The Bertz CT molecular complexity index is 1100. The molecule has 0 spiro atoms. The first-order valence-corrected chi connectivity index (χ1v) is 11.3. The van der Waals surface area contributed by atoms with Gasteiger partial charge in [-0.15, -0.1) is 0 Å². The van der Waals surface area contributed by atoms with E-state index in [4.69, 9.17) is 16.6 Å². The van der Waals surface area contributed by atoms with Crippen molar-refractivity contribution in [1.82, 2.24) is 24.8 Å². The number of nitrogens with one attached hydrogen (secondary N) is 1. The van der Waals surface area contributed by atoms with Crippen molar-refractivity contribution in [3.8, 4) is 11.4 Å². The molecule has 0 radical (unpaired) electrons. The number of amides is 1. The van der Waals surface area contributed by atoms with Gasteiger partial charge >= 0.3 is 0 Å². The summed E-state index contributed by atoms with van der Waals surface area (Å²) in [5, 5.41) is 3.58. The van der Waals surface area contributed by atoms with Crippen LogP contribution >= 0.6 is 11.6 Å². The second-order valence-electron chi connectivity index (χ2n) is 8.36. The molecule has 2 fully saturated rings. The molecule has 2 aliphatic rings. The van der Waals surface area contributed by atoms with Gasteiger partial charge in [0, 0.05) is 64.0 Å². The number of rotatable bonds is 3. The molecule has 2 saturated heterocycles. The second kappa shape index (κ2) is 8.48. The van der Waals surface area contributed by atoms with Crippen LogP contribution in [-0.2, 0) is 11.8 Å². The van der Waals surface area contributed by atoms with Crippen LogP contribution in [0.15, 0.2) is 36.5 Å². The van der Waals surface area contributed by atoms with Gasteiger partial charge in [-0.05, 0) is 31.0 Å². The molecule has 5 rings (SSSR count). The first-order chi connectivity index (χ1) is 15.1. The predicted molar refractivity (Wildman–Crippen MR) is 123 cm³/mol. The van der Waals surface area contributed by atoms with E-state index < -0.39 is 0 Å². The van der Waals surface area contributed by atoms with Crippen molar-refractivity contribution >= 4 is 34.4 Å². The Labute approximate surface area is 187 Å². The molecule has 0 atom stereocenters. The van der Waals surface area contributed by atoms with E-state index in [2.05, 4.69) is 36.8 Å². The van der Waals surface area contributed by atoms with E-state index in [-0.39, 0.29) is 5.91 Å². The fourth-order valence-corrected chi connectivity index (χ4v) is 4.96. The first-order valence-electron chi connectivity index (χ1n) is 10.9. The topological polar surface area (TPSA) is 66.3 Å². The molecule has 162 valence electrons. The lowest BCUT2D eigenvalue weighted by Gasteiger charge is -2.38.